The second-order valence-electron chi connectivity index (χ2n) is 9.90. The normalized spacial score (nSPS) is 12.2. The Morgan fingerprint density at radius 3 is 1.38 bits per heavy atom. The lowest BCUT2D eigenvalue weighted by Crippen LogP contribution is -2.21. The Labute approximate surface area is 304 Å². The summed E-state index contributed by atoms with van der Waals surface area (Å²) in [6.45, 7) is 4.39. The van der Waals surface area contributed by atoms with Crippen molar-refractivity contribution in [3.63, 3.8) is 0 Å². The highest BCUT2D eigenvalue weighted by molar-refractivity contribution is 6.68. The van der Waals surface area contributed by atoms with Gasteiger partial charge < -0.3 is 0 Å². The first-order valence-electron chi connectivity index (χ1n) is 13.0. The fourth-order valence-electron chi connectivity index (χ4n) is 4.64. The molecule has 0 aliphatic heterocycles. The fourth-order valence-corrected chi connectivity index (χ4v) is 5.40. The summed E-state index contributed by atoms with van der Waals surface area (Å²) in [6, 6.07) is 22.2. The minimum absolute atomic E-state index is 0.141. The second kappa shape index (κ2) is 14.3. The molecule has 45 heavy (non-hydrogen) atoms. The number of nitrogens with zero attached hydrogens (tertiary/aromatic N) is 4. The van der Waals surface area contributed by atoms with E-state index in [2.05, 4.69) is 71.3 Å². The van der Waals surface area contributed by atoms with E-state index in [1.807, 2.05) is 12.1 Å². The van der Waals surface area contributed by atoms with Crippen molar-refractivity contribution in [1.29, 1.82) is 0 Å². The van der Waals surface area contributed by atoms with E-state index in [1.165, 1.54) is 38.2 Å². The molecule has 5 rings (SSSR count). The molecule has 0 bridgehead atoms. The molecule has 6 nitrogen and oxygen atoms in total. The lowest BCUT2D eigenvalue weighted by atomic mass is 9.91. The first kappa shape index (κ1) is 36.3. The third-order valence-electron chi connectivity index (χ3n) is 6.87. The standard InChI is InChI=1S/C24H21NO2.C6Cl9N3/c1-16-21-5-3-4-6-22(21)17(2)24-15-19(11-14-23(16)24)8-7-18-9-12-20(13-10-18)25(26)27;7-4(8,9)1-16-2(5(10,11)12)18-3(17-1)6(13,14)15/h3-6,9-15H,7-8H2,1-2H3;. The molecule has 0 amide bonds. The predicted octanol–water partition coefficient (Wildman–Crippen LogP) is 11.7. The average molecular weight is 789 g/mol. The van der Waals surface area contributed by atoms with Gasteiger partial charge in [0.25, 0.3) is 5.69 Å². The maximum atomic E-state index is 10.8. The molecule has 4 aromatic carbocycles. The number of non-ortho nitro benzene ring substituents is 1. The Morgan fingerprint density at radius 2 is 0.956 bits per heavy atom. The van der Waals surface area contributed by atoms with Crippen molar-refractivity contribution < 1.29 is 4.92 Å². The Bertz CT molecular complexity index is 1790. The van der Waals surface area contributed by atoms with Crippen LogP contribution in [0.2, 0.25) is 0 Å². The van der Waals surface area contributed by atoms with Gasteiger partial charge in [0, 0.05) is 12.1 Å². The van der Waals surface area contributed by atoms with Gasteiger partial charge in [-0.2, -0.15) is 0 Å². The number of nitro benzene ring substituents is 1. The molecule has 0 spiro atoms. The van der Waals surface area contributed by atoms with Crippen molar-refractivity contribution in [2.75, 3.05) is 0 Å². The number of fused-ring (bicyclic) bond motifs is 2. The highest BCUT2D eigenvalue weighted by atomic mass is 35.6. The van der Waals surface area contributed by atoms with Crippen LogP contribution in [0.5, 0.6) is 0 Å². The van der Waals surface area contributed by atoms with E-state index in [9.17, 15) is 10.1 Å². The number of halogens is 9. The molecule has 1 heterocycles. The van der Waals surface area contributed by atoms with Crippen molar-refractivity contribution >= 4 is 132 Å². The fraction of sp³-hybridized carbons (Fsp3) is 0.233. The molecule has 1 aromatic heterocycles. The zero-order chi connectivity index (χ0) is 33.3. The van der Waals surface area contributed by atoms with E-state index in [0.717, 1.165) is 18.4 Å². The minimum atomic E-state index is -1.99. The second-order valence-corrected chi connectivity index (χ2v) is 16.7. The molecule has 0 saturated carbocycles. The molecule has 0 fully saturated rings. The summed E-state index contributed by atoms with van der Waals surface area (Å²) in [5, 5.41) is 16.0. The van der Waals surface area contributed by atoms with E-state index < -0.39 is 11.4 Å². The molecular weight excluding hydrogens is 767 g/mol. The van der Waals surface area contributed by atoms with Gasteiger partial charge in [0.1, 0.15) is 0 Å². The zero-order valence-electron chi connectivity index (χ0n) is 23.3. The number of benzene rings is 4. The Balaban J connectivity index is 0.000000224. The smallest absolute Gasteiger partial charge is 0.258 e. The van der Waals surface area contributed by atoms with E-state index >= 15 is 0 Å². The molecule has 0 atom stereocenters. The van der Waals surface area contributed by atoms with E-state index in [4.69, 9.17) is 104 Å². The molecule has 5 aromatic rings. The quantitative estimate of drug-likeness (QED) is 0.0784. The van der Waals surface area contributed by atoms with Crippen molar-refractivity contribution in [2.24, 2.45) is 0 Å². The van der Waals surface area contributed by atoms with Crippen LogP contribution in [0.3, 0.4) is 0 Å². The Hall–Kier alpha value is -1.58. The van der Waals surface area contributed by atoms with E-state index in [-0.39, 0.29) is 28.1 Å². The summed E-state index contributed by atoms with van der Waals surface area (Å²) >= 11 is 50.6. The molecular formula is C30H21Cl9N4O2. The summed E-state index contributed by atoms with van der Waals surface area (Å²) in [4.78, 5) is 21.5. The first-order valence-corrected chi connectivity index (χ1v) is 16.4. The number of nitro groups is 1. The molecule has 0 radical (unpaired) electrons. The van der Waals surface area contributed by atoms with Gasteiger partial charge in [-0.1, -0.05) is 159 Å². The lowest BCUT2D eigenvalue weighted by molar-refractivity contribution is -0.384. The number of aryl methyl sites for hydroxylation is 4. The average Bonchev–Trinajstić information content (AvgIpc) is 2.97. The number of hydrogen-bond donors (Lipinski definition) is 0. The molecule has 236 valence electrons. The minimum Gasteiger partial charge on any atom is -0.258 e. The van der Waals surface area contributed by atoms with Gasteiger partial charge in [-0.3, -0.25) is 10.1 Å². The van der Waals surface area contributed by atoms with Crippen LogP contribution in [0, 0.1) is 24.0 Å². The van der Waals surface area contributed by atoms with Crippen molar-refractivity contribution in [1.82, 2.24) is 15.0 Å². The van der Waals surface area contributed by atoms with Crippen LogP contribution in [0.1, 0.15) is 39.7 Å². The Kier molecular flexibility index (Phi) is 11.5. The molecule has 0 aliphatic carbocycles. The topological polar surface area (TPSA) is 81.8 Å². The third kappa shape index (κ3) is 9.07. The van der Waals surface area contributed by atoms with Crippen LogP contribution >= 0.6 is 104 Å². The number of hydrogen-bond acceptors (Lipinski definition) is 5. The third-order valence-corrected chi connectivity index (χ3v) is 8.39. The number of aromatic nitrogens is 3. The maximum absolute atomic E-state index is 10.8. The molecule has 0 saturated heterocycles. The van der Waals surface area contributed by atoms with E-state index in [0.29, 0.717) is 0 Å². The van der Waals surface area contributed by atoms with Crippen LogP contribution < -0.4 is 0 Å². The lowest BCUT2D eigenvalue weighted by Gasteiger charge is -2.17. The highest BCUT2D eigenvalue weighted by Crippen LogP contribution is 2.43. The largest absolute Gasteiger partial charge is 0.269 e. The number of rotatable bonds is 4. The highest BCUT2D eigenvalue weighted by Gasteiger charge is 2.37. The Morgan fingerprint density at radius 1 is 0.578 bits per heavy atom. The number of alkyl halides is 9. The van der Waals surface area contributed by atoms with E-state index in [1.54, 1.807) is 12.1 Å². The van der Waals surface area contributed by atoms with Crippen LogP contribution in [0.4, 0.5) is 5.69 Å². The van der Waals surface area contributed by atoms with Gasteiger partial charge >= 0.3 is 0 Å². The summed E-state index contributed by atoms with van der Waals surface area (Å²) < 4.78 is -5.96. The zero-order valence-corrected chi connectivity index (χ0v) is 30.1. The van der Waals surface area contributed by atoms with Gasteiger partial charge in [-0.15, -0.1) is 0 Å². The van der Waals surface area contributed by atoms with Gasteiger partial charge in [0.2, 0.25) is 11.4 Å². The van der Waals surface area contributed by atoms with Crippen LogP contribution in [-0.4, -0.2) is 19.9 Å². The van der Waals surface area contributed by atoms with Gasteiger partial charge in [-0.25, -0.2) is 15.0 Å². The van der Waals surface area contributed by atoms with Gasteiger partial charge in [0.05, 0.1) is 4.92 Å². The monoisotopic (exact) mass is 784 g/mol. The predicted molar refractivity (Wildman–Crippen MR) is 189 cm³/mol. The van der Waals surface area contributed by atoms with Gasteiger partial charge in [-0.05, 0) is 70.5 Å². The molecule has 0 aliphatic rings. The maximum Gasteiger partial charge on any atom is 0.269 e. The van der Waals surface area contributed by atoms with Crippen LogP contribution in [0.15, 0.2) is 66.7 Å². The van der Waals surface area contributed by atoms with Crippen molar-refractivity contribution in [2.45, 2.75) is 38.1 Å². The SMILES string of the molecule is Cc1c2ccccc2c(C)c2cc(CCc3ccc([N+](=O)[O-])cc3)ccc12.ClC(Cl)(Cl)c1nc(C(Cl)(Cl)Cl)nc(C(Cl)(Cl)Cl)n1. The summed E-state index contributed by atoms with van der Waals surface area (Å²) in [5.74, 6) is -0.986. The summed E-state index contributed by atoms with van der Waals surface area (Å²) in [6.07, 6.45) is 1.79. The van der Waals surface area contributed by atoms with Crippen molar-refractivity contribution in [3.8, 4) is 0 Å². The molecule has 15 heteroatoms. The molecule has 0 N–H and O–H groups in total. The van der Waals surface area contributed by atoms with Crippen LogP contribution in [0.25, 0.3) is 21.5 Å². The molecule has 0 unspecified atom stereocenters. The van der Waals surface area contributed by atoms with Crippen molar-refractivity contribution in [3.05, 3.63) is 117 Å². The van der Waals surface area contributed by atoms with Gasteiger partial charge in [0.15, 0.2) is 17.5 Å². The summed E-state index contributed by atoms with van der Waals surface area (Å²) in [5.41, 5.74) is 5.20. The van der Waals surface area contributed by atoms with Crippen LogP contribution in [-0.2, 0) is 24.2 Å². The first-order chi connectivity index (χ1) is 20.9. The summed E-state index contributed by atoms with van der Waals surface area (Å²) in [7, 11) is 0.